The number of benzene rings is 1. The molecule has 1 aromatic rings. The molecular weight excluding hydrogens is 274 g/mol. The lowest BCUT2D eigenvalue weighted by Gasteiger charge is -2.14. The molecular formula is C14H21N3O4. The third-order valence-electron chi connectivity index (χ3n) is 3.11. The molecule has 2 N–H and O–H groups in total. The van der Waals surface area contributed by atoms with Crippen molar-refractivity contribution >= 4 is 17.3 Å². The van der Waals surface area contributed by atoms with Crippen LogP contribution < -0.4 is 5.32 Å². The van der Waals surface area contributed by atoms with Gasteiger partial charge in [-0.3, -0.25) is 14.9 Å². The summed E-state index contributed by atoms with van der Waals surface area (Å²) in [6, 6.07) is 4.27. The first kappa shape index (κ1) is 16.9. The Morgan fingerprint density at radius 1 is 1.48 bits per heavy atom. The summed E-state index contributed by atoms with van der Waals surface area (Å²) in [7, 11) is 3.25. The van der Waals surface area contributed by atoms with Crippen LogP contribution in [0, 0.1) is 16.0 Å². The van der Waals surface area contributed by atoms with Crippen molar-refractivity contribution in [3.05, 3.63) is 33.9 Å². The number of hydrogen-bond donors (Lipinski definition) is 2. The summed E-state index contributed by atoms with van der Waals surface area (Å²) in [6.07, 6.45) is 0.608. The predicted molar refractivity (Wildman–Crippen MR) is 80.5 cm³/mol. The highest BCUT2D eigenvalue weighted by atomic mass is 16.6. The molecule has 1 atom stereocenters. The van der Waals surface area contributed by atoms with Crippen LogP contribution in [0.3, 0.4) is 0 Å². The van der Waals surface area contributed by atoms with Gasteiger partial charge < -0.3 is 15.3 Å². The van der Waals surface area contributed by atoms with Crippen molar-refractivity contribution in [2.45, 2.75) is 13.3 Å². The van der Waals surface area contributed by atoms with E-state index in [0.29, 0.717) is 24.2 Å². The minimum atomic E-state index is -0.483. The quantitative estimate of drug-likeness (QED) is 0.590. The minimum absolute atomic E-state index is 0.0681. The third-order valence-corrected chi connectivity index (χ3v) is 3.11. The molecule has 1 rings (SSSR count). The van der Waals surface area contributed by atoms with Gasteiger partial charge in [0.1, 0.15) is 5.69 Å². The average molecular weight is 295 g/mol. The molecule has 0 radical (unpaired) electrons. The van der Waals surface area contributed by atoms with Crippen LogP contribution in [-0.4, -0.2) is 48.1 Å². The van der Waals surface area contributed by atoms with Crippen LogP contribution in [-0.2, 0) is 0 Å². The topological polar surface area (TPSA) is 95.7 Å². The van der Waals surface area contributed by atoms with Crippen molar-refractivity contribution in [2.75, 3.05) is 32.6 Å². The molecule has 1 unspecified atom stereocenters. The number of aliphatic hydroxyl groups is 1. The summed E-state index contributed by atoms with van der Waals surface area (Å²) in [4.78, 5) is 23.9. The number of rotatable bonds is 7. The second-order valence-corrected chi connectivity index (χ2v) is 5.19. The zero-order valence-electron chi connectivity index (χ0n) is 12.5. The van der Waals surface area contributed by atoms with E-state index < -0.39 is 4.92 Å². The highest BCUT2D eigenvalue weighted by Gasteiger charge is 2.18. The first-order valence-corrected chi connectivity index (χ1v) is 6.71. The first-order valence-electron chi connectivity index (χ1n) is 6.71. The van der Waals surface area contributed by atoms with Crippen LogP contribution in [0.1, 0.15) is 23.7 Å². The number of nitro benzene ring substituents is 1. The number of aliphatic hydroxyl groups excluding tert-OH is 1. The molecule has 0 aliphatic carbocycles. The van der Waals surface area contributed by atoms with Crippen molar-refractivity contribution in [3.8, 4) is 0 Å². The molecule has 0 bridgehead atoms. The van der Waals surface area contributed by atoms with Gasteiger partial charge in [-0.1, -0.05) is 6.92 Å². The third kappa shape index (κ3) is 4.71. The molecule has 0 aromatic heterocycles. The van der Waals surface area contributed by atoms with Gasteiger partial charge in [-0.15, -0.1) is 0 Å². The van der Waals surface area contributed by atoms with Gasteiger partial charge in [-0.05, 0) is 24.5 Å². The molecule has 0 heterocycles. The minimum Gasteiger partial charge on any atom is -0.396 e. The van der Waals surface area contributed by atoms with Crippen LogP contribution in [0.15, 0.2) is 18.2 Å². The second kappa shape index (κ2) is 7.58. The number of amides is 1. The van der Waals surface area contributed by atoms with Gasteiger partial charge in [0.05, 0.1) is 4.92 Å². The molecule has 7 heteroatoms. The van der Waals surface area contributed by atoms with E-state index in [1.54, 1.807) is 14.1 Å². The molecule has 0 aliphatic heterocycles. The summed E-state index contributed by atoms with van der Waals surface area (Å²) in [5, 5.41) is 22.9. The van der Waals surface area contributed by atoms with Gasteiger partial charge in [0.2, 0.25) is 0 Å². The van der Waals surface area contributed by atoms with Gasteiger partial charge in [-0.25, -0.2) is 0 Å². The fourth-order valence-corrected chi connectivity index (χ4v) is 1.83. The van der Waals surface area contributed by atoms with Crippen molar-refractivity contribution in [1.82, 2.24) is 4.90 Å². The molecule has 0 fully saturated rings. The zero-order valence-corrected chi connectivity index (χ0v) is 12.5. The number of nitrogens with zero attached hydrogens (tertiary/aromatic N) is 2. The Hall–Kier alpha value is -2.15. The van der Waals surface area contributed by atoms with Crippen molar-refractivity contribution < 1.29 is 14.8 Å². The van der Waals surface area contributed by atoms with E-state index in [1.807, 2.05) is 6.92 Å². The van der Waals surface area contributed by atoms with E-state index >= 15 is 0 Å². The van der Waals surface area contributed by atoms with E-state index in [2.05, 4.69) is 5.32 Å². The van der Waals surface area contributed by atoms with E-state index in [9.17, 15) is 14.9 Å². The lowest BCUT2D eigenvalue weighted by Crippen LogP contribution is -2.22. The summed E-state index contributed by atoms with van der Waals surface area (Å²) < 4.78 is 0. The zero-order chi connectivity index (χ0) is 16.0. The van der Waals surface area contributed by atoms with Gasteiger partial charge in [0.25, 0.3) is 11.6 Å². The number of carbonyl (C=O) groups excluding carboxylic acids is 1. The van der Waals surface area contributed by atoms with Gasteiger partial charge in [0, 0.05) is 38.9 Å². The molecule has 1 aromatic carbocycles. The maximum atomic E-state index is 11.9. The van der Waals surface area contributed by atoms with E-state index in [4.69, 9.17) is 5.11 Å². The molecule has 0 saturated heterocycles. The predicted octanol–water partition coefficient (Wildman–Crippen LogP) is 1.73. The molecule has 1 amide bonds. The first-order chi connectivity index (χ1) is 9.86. The molecule has 116 valence electrons. The Morgan fingerprint density at radius 2 is 2.14 bits per heavy atom. The summed E-state index contributed by atoms with van der Waals surface area (Å²) in [5.74, 6) is -0.0424. The molecule has 0 spiro atoms. The Labute approximate surface area is 123 Å². The maximum absolute atomic E-state index is 11.9. The Bertz CT molecular complexity index is 517. The smallest absolute Gasteiger partial charge is 0.292 e. The van der Waals surface area contributed by atoms with E-state index in [-0.39, 0.29) is 24.1 Å². The summed E-state index contributed by atoms with van der Waals surface area (Å²) in [5.41, 5.74) is 0.641. The monoisotopic (exact) mass is 295 g/mol. The highest BCUT2D eigenvalue weighted by molar-refractivity contribution is 5.95. The van der Waals surface area contributed by atoms with Crippen LogP contribution in [0.4, 0.5) is 11.4 Å². The molecule has 21 heavy (non-hydrogen) atoms. The van der Waals surface area contributed by atoms with Crippen LogP contribution >= 0.6 is 0 Å². The summed E-state index contributed by atoms with van der Waals surface area (Å²) >= 11 is 0. The summed E-state index contributed by atoms with van der Waals surface area (Å²) in [6.45, 7) is 2.50. The Kier molecular flexibility index (Phi) is 6.10. The number of carbonyl (C=O) groups is 1. The van der Waals surface area contributed by atoms with E-state index in [0.717, 1.165) is 0 Å². The van der Waals surface area contributed by atoms with Crippen LogP contribution in [0.5, 0.6) is 0 Å². The normalized spacial score (nSPS) is 11.8. The SMILES string of the molecule is CC(CCO)CNc1cc(C(=O)N(C)C)ccc1[N+](=O)[O-]. The van der Waals surface area contributed by atoms with E-state index in [1.165, 1.54) is 23.1 Å². The number of hydrogen-bond acceptors (Lipinski definition) is 5. The van der Waals surface area contributed by atoms with Gasteiger partial charge in [-0.2, -0.15) is 0 Å². The fraction of sp³-hybridized carbons (Fsp3) is 0.500. The lowest BCUT2D eigenvalue weighted by atomic mass is 10.1. The van der Waals surface area contributed by atoms with Crippen molar-refractivity contribution in [2.24, 2.45) is 5.92 Å². The average Bonchev–Trinajstić information content (AvgIpc) is 2.44. The maximum Gasteiger partial charge on any atom is 0.292 e. The highest BCUT2D eigenvalue weighted by Crippen LogP contribution is 2.26. The molecule has 7 nitrogen and oxygen atoms in total. The van der Waals surface area contributed by atoms with Gasteiger partial charge >= 0.3 is 0 Å². The fourth-order valence-electron chi connectivity index (χ4n) is 1.83. The number of anilines is 1. The second-order valence-electron chi connectivity index (χ2n) is 5.19. The van der Waals surface area contributed by atoms with Crippen molar-refractivity contribution in [1.29, 1.82) is 0 Å². The molecule has 0 saturated carbocycles. The number of nitrogens with one attached hydrogen (secondary N) is 1. The van der Waals surface area contributed by atoms with Crippen molar-refractivity contribution in [3.63, 3.8) is 0 Å². The molecule has 0 aliphatic rings. The van der Waals surface area contributed by atoms with Crippen LogP contribution in [0.25, 0.3) is 0 Å². The lowest BCUT2D eigenvalue weighted by molar-refractivity contribution is -0.384. The standard InChI is InChI=1S/C14H21N3O4/c1-10(6-7-18)9-15-12-8-11(14(19)16(2)3)4-5-13(12)17(20)21/h4-5,8,10,15,18H,6-7,9H2,1-3H3. The van der Waals surface area contributed by atoms with Crippen LogP contribution in [0.2, 0.25) is 0 Å². The Balaban J connectivity index is 2.99. The number of nitro groups is 1. The van der Waals surface area contributed by atoms with Gasteiger partial charge in [0.15, 0.2) is 0 Å². The largest absolute Gasteiger partial charge is 0.396 e. The Morgan fingerprint density at radius 3 is 2.67 bits per heavy atom.